The Labute approximate surface area is 214 Å². The van der Waals surface area contributed by atoms with Gasteiger partial charge in [0, 0.05) is 22.3 Å². The second-order valence-electron chi connectivity index (χ2n) is 7.18. The van der Waals surface area contributed by atoms with E-state index in [0.717, 1.165) is 22.5 Å². The minimum Gasteiger partial charge on any atom is -0.350 e. The first kappa shape index (κ1) is 25.9. The number of nitrogens with one attached hydrogen (secondary N) is 4. The molecule has 0 unspecified atom stereocenters. The van der Waals surface area contributed by atoms with Gasteiger partial charge in [-0.2, -0.15) is 5.10 Å². The summed E-state index contributed by atoms with van der Waals surface area (Å²) in [5, 5.41) is 13.2. The highest BCUT2D eigenvalue weighted by atomic mass is 35.5. The van der Waals surface area contributed by atoms with Gasteiger partial charge in [-0.3, -0.25) is 10.1 Å². The van der Waals surface area contributed by atoms with Gasteiger partial charge < -0.3 is 16.4 Å². The molecule has 0 radical (unpaired) electrons. The summed E-state index contributed by atoms with van der Waals surface area (Å²) < 4.78 is 0. The molecule has 0 bridgehead atoms. The number of hydrazone groups is 1. The van der Waals surface area contributed by atoms with Crippen LogP contribution in [0.3, 0.4) is 0 Å². The quantitative estimate of drug-likeness (QED) is 0.220. The van der Waals surface area contributed by atoms with Gasteiger partial charge in [-0.25, -0.2) is 20.0 Å². The highest BCUT2D eigenvalue weighted by molar-refractivity contribution is 7.17. The van der Waals surface area contributed by atoms with Crippen LogP contribution < -0.4 is 27.1 Å². The van der Waals surface area contributed by atoms with Crippen LogP contribution >= 0.6 is 34.5 Å². The van der Waals surface area contributed by atoms with Gasteiger partial charge in [0.2, 0.25) is 0 Å². The number of aromatic nitrogens is 1. The molecule has 0 fully saturated rings. The molecular weight excluding hydrogens is 513 g/mol. The van der Waals surface area contributed by atoms with Crippen LogP contribution in [0.15, 0.2) is 47.6 Å². The van der Waals surface area contributed by atoms with E-state index in [1.165, 1.54) is 0 Å². The molecule has 0 atom stereocenters. The molecular formula is C22H21Cl2N7O3S. The minimum absolute atomic E-state index is 0.216. The van der Waals surface area contributed by atoms with E-state index in [9.17, 15) is 14.4 Å². The van der Waals surface area contributed by atoms with Crippen LogP contribution in [0.4, 0.5) is 20.4 Å². The summed E-state index contributed by atoms with van der Waals surface area (Å²) in [4.78, 5) is 40.3. The van der Waals surface area contributed by atoms with E-state index in [0.29, 0.717) is 32.0 Å². The van der Waals surface area contributed by atoms with Gasteiger partial charge in [-0.05, 0) is 49.2 Å². The third kappa shape index (κ3) is 7.41. The number of primary amides is 1. The Kier molecular flexibility index (Phi) is 8.63. The molecule has 3 aromatic rings. The van der Waals surface area contributed by atoms with E-state index in [4.69, 9.17) is 28.9 Å². The van der Waals surface area contributed by atoms with E-state index < -0.39 is 12.1 Å². The number of rotatable bonds is 7. The fourth-order valence-corrected chi connectivity index (χ4v) is 4.19. The maximum atomic E-state index is 12.6. The topological polar surface area (TPSA) is 151 Å². The number of urea groups is 2. The Bertz CT molecular complexity index is 1290. The van der Waals surface area contributed by atoms with Crippen molar-refractivity contribution in [2.45, 2.75) is 20.4 Å². The maximum Gasteiger partial charge on any atom is 0.332 e. The third-order valence-electron chi connectivity index (χ3n) is 4.57. The summed E-state index contributed by atoms with van der Waals surface area (Å²) in [6.07, 6.45) is 0. The molecule has 0 spiro atoms. The number of nitrogens with two attached hydrogens (primary N) is 1. The minimum atomic E-state index is -0.761. The summed E-state index contributed by atoms with van der Waals surface area (Å²) >= 11 is 13.1. The zero-order valence-electron chi connectivity index (χ0n) is 18.6. The predicted molar refractivity (Wildman–Crippen MR) is 138 cm³/mol. The molecule has 0 aliphatic heterocycles. The lowest BCUT2D eigenvalue weighted by Crippen LogP contribution is -2.25. The number of amides is 5. The maximum absolute atomic E-state index is 12.6. The molecule has 182 valence electrons. The van der Waals surface area contributed by atoms with Crippen LogP contribution in [0, 0.1) is 6.92 Å². The van der Waals surface area contributed by atoms with E-state index in [2.05, 4.69) is 31.5 Å². The molecule has 13 heteroatoms. The summed E-state index contributed by atoms with van der Waals surface area (Å²) in [6.45, 7) is 3.60. The van der Waals surface area contributed by atoms with Crippen molar-refractivity contribution in [3.8, 4) is 0 Å². The van der Waals surface area contributed by atoms with Crippen molar-refractivity contribution in [2.75, 3.05) is 10.6 Å². The fourth-order valence-electron chi connectivity index (χ4n) is 2.84. The second-order valence-corrected chi connectivity index (χ2v) is 9.02. The molecule has 3 rings (SSSR count). The van der Waals surface area contributed by atoms with Gasteiger partial charge in [0.05, 0.1) is 11.4 Å². The fraction of sp³-hybridized carbons (Fsp3) is 0.136. The van der Waals surface area contributed by atoms with Gasteiger partial charge in [0.25, 0.3) is 5.91 Å². The van der Waals surface area contributed by atoms with Crippen molar-refractivity contribution in [3.05, 3.63) is 74.2 Å². The molecule has 5 amide bonds. The molecule has 0 saturated carbocycles. The van der Waals surface area contributed by atoms with E-state index in [-0.39, 0.29) is 17.6 Å². The van der Waals surface area contributed by atoms with Crippen LogP contribution in [0.2, 0.25) is 10.0 Å². The lowest BCUT2D eigenvalue weighted by molar-refractivity contribution is 0.0954. The van der Waals surface area contributed by atoms with Crippen molar-refractivity contribution in [2.24, 2.45) is 10.8 Å². The number of anilines is 2. The first-order valence-electron chi connectivity index (χ1n) is 10.1. The number of halogens is 2. The monoisotopic (exact) mass is 533 g/mol. The smallest absolute Gasteiger partial charge is 0.332 e. The number of hydrogen-bond donors (Lipinski definition) is 5. The number of aryl methyl sites for hydroxylation is 1. The lowest BCUT2D eigenvalue weighted by atomic mass is 10.1. The lowest BCUT2D eigenvalue weighted by Gasteiger charge is -2.07. The van der Waals surface area contributed by atoms with Gasteiger partial charge in [0.1, 0.15) is 4.88 Å². The Morgan fingerprint density at radius 2 is 1.80 bits per heavy atom. The molecule has 2 aromatic carbocycles. The molecule has 35 heavy (non-hydrogen) atoms. The Morgan fingerprint density at radius 3 is 2.46 bits per heavy atom. The first-order chi connectivity index (χ1) is 16.6. The summed E-state index contributed by atoms with van der Waals surface area (Å²) in [6, 6.07) is 10.5. The van der Waals surface area contributed by atoms with Crippen LogP contribution in [-0.2, 0) is 6.54 Å². The summed E-state index contributed by atoms with van der Waals surface area (Å²) in [5.41, 5.74) is 10.1. The molecule has 10 nitrogen and oxygen atoms in total. The Morgan fingerprint density at radius 1 is 1.09 bits per heavy atom. The van der Waals surface area contributed by atoms with E-state index >= 15 is 0 Å². The van der Waals surface area contributed by atoms with Gasteiger partial charge in [-0.1, -0.05) is 52.7 Å². The number of thiazole rings is 1. The first-order valence-corrected chi connectivity index (χ1v) is 11.7. The van der Waals surface area contributed by atoms with Crippen LogP contribution in [0.25, 0.3) is 0 Å². The largest absolute Gasteiger partial charge is 0.350 e. The number of nitrogens with zero attached hydrogens (tertiary/aromatic N) is 2. The molecule has 1 heterocycles. The van der Waals surface area contributed by atoms with Gasteiger partial charge in [-0.15, -0.1) is 0 Å². The van der Waals surface area contributed by atoms with Crippen molar-refractivity contribution in [1.29, 1.82) is 0 Å². The van der Waals surface area contributed by atoms with Crippen molar-refractivity contribution in [1.82, 2.24) is 15.7 Å². The SMILES string of the molecule is C/C(=N\NC(N)=O)c1ccc(NC(=O)Nc2nc(C)c(C(=O)NCc3ccc(Cl)cc3Cl)s2)cc1. The highest BCUT2D eigenvalue weighted by Gasteiger charge is 2.17. The average molecular weight is 534 g/mol. The molecule has 0 aliphatic carbocycles. The van der Waals surface area contributed by atoms with Crippen molar-refractivity contribution < 1.29 is 14.4 Å². The normalized spacial score (nSPS) is 11.0. The molecule has 6 N–H and O–H groups in total. The van der Waals surface area contributed by atoms with E-state index in [1.54, 1.807) is 56.3 Å². The molecule has 1 aromatic heterocycles. The van der Waals surface area contributed by atoms with Crippen molar-refractivity contribution in [3.63, 3.8) is 0 Å². The third-order valence-corrected chi connectivity index (χ3v) is 6.23. The Balaban J connectivity index is 1.57. The van der Waals surface area contributed by atoms with Crippen LogP contribution in [0.1, 0.15) is 33.4 Å². The van der Waals surface area contributed by atoms with Gasteiger partial charge >= 0.3 is 12.1 Å². The average Bonchev–Trinajstić information content (AvgIpc) is 3.16. The predicted octanol–water partition coefficient (Wildman–Crippen LogP) is 4.72. The van der Waals surface area contributed by atoms with Crippen LogP contribution in [-0.4, -0.2) is 28.7 Å². The molecule has 0 saturated heterocycles. The number of hydrogen-bond acceptors (Lipinski definition) is 6. The summed E-state index contributed by atoms with van der Waals surface area (Å²) in [5.74, 6) is -0.335. The van der Waals surface area contributed by atoms with Crippen LogP contribution in [0.5, 0.6) is 0 Å². The van der Waals surface area contributed by atoms with Gasteiger partial charge in [0.15, 0.2) is 5.13 Å². The molecule has 0 aliphatic rings. The highest BCUT2D eigenvalue weighted by Crippen LogP contribution is 2.24. The van der Waals surface area contributed by atoms with Crippen molar-refractivity contribution >= 4 is 69.0 Å². The number of carbonyl (C=O) groups excluding carboxylic acids is 3. The summed E-state index contributed by atoms with van der Waals surface area (Å²) in [7, 11) is 0. The standard InChI is InChI=1S/C22H21Cl2N7O3S/c1-11(30-31-20(25)33)13-4-7-16(8-5-13)28-21(34)29-22-27-12(2)18(35-22)19(32)26-10-14-3-6-15(23)9-17(14)24/h3-9H,10H2,1-2H3,(H,26,32)(H3,25,31,33)(H2,27,28,29,34)/b30-11+. The number of benzene rings is 2. The van der Waals surface area contributed by atoms with E-state index in [1.807, 2.05) is 0 Å². The zero-order chi connectivity index (χ0) is 25.5. The number of carbonyl (C=O) groups is 3. The zero-order valence-corrected chi connectivity index (χ0v) is 20.9. The Hall–Kier alpha value is -3.67. The second kappa shape index (κ2) is 11.6.